The van der Waals surface area contributed by atoms with Crippen LogP contribution in [0.4, 0.5) is 0 Å². The lowest BCUT2D eigenvalue weighted by atomic mass is 9.90. The molecule has 4 amide bonds. The topological polar surface area (TPSA) is 194 Å². The summed E-state index contributed by atoms with van der Waals surface area (Å²) in [5, 5.41) is 11.8. The van der Waals surface area contributed by atoms with E-state index in [1.165, 1.54) is 18.4 Å². The van der Waals surface area contributed by atoms with Crippen molar-refractivity contribution in [3.8, 4) is 0 Å². The number of amides is 4. The van der Waals surface area contributed by atoms with Crippen LogP contribution in [0.25, 0.3) is 0 Å². The Labute approximate surface area is 331 Å². The maximum absolute atomic E-state index is 14.3. The summed E-state index contributed by atoms with van der Waals surface area (Å²) in [5.74, 6) is -2.03. The van der Waals surface area contributed by atoms with Crippen molar-refractivity contribution in [2.24, 2.45) is 29.2 Å². The lowest BCUT2D eigenvalue weighted by Crippen LogP contribution is -2.61. The molecule has 0 aliphatic carbocycles. The number of hydrogen-bond acceptors (Lipinski definition) is 11. The van der Waals surface area contributed by atoms with Crippen LogP contribution in [0.3, 0.4) is 0 Å². The van der Waals surface area contributed by atoms with Crippen LogP contribution in [-0.2, 0) is 35.1 Å². The molecule has 0 spiro atoms. The molecule has 0 saturated carbocycles. The van der Waals surface area contributed by atoms with Crippen LogP contribution in [0.15, 0.2) is 41.9 Å². The number of ether oxygens (including phenoxy) is 2. The lowest BCUT2D eigenvalue weighted by Gasteiger charge is -2.41. The van der Waals surface area contributed by atoms with E-state index in [2.05, 4.69) is 20.9 Å². The number of carbonyl (C=O) groups is 4. The number of likely N-dealkylation sites (N-methyl/N-ethyl adjacent to an activating group) is 2. The number of nitrogens with two attached hydrogens (primary N) is 2. The van der Waals surface area contributed by atoms with E-state index >= 15 is 0 Å². The van der Waals surface area contributed by atoms with Gasteiger partial charge in [0.05, 0.1) is 42.7 Å². The first kappa shape index (κ1) is 45.9. The van der Waals surface area contributed by atoms with E-state index in [0.29, 0.717) is 25.8 Å². The number of carbonyl (C=O) groups excluding carboxylic acids is 4. The summed E-state index contributed by atoms with van der Waals surface area (Å²) in [6.07, 6.45) is 3.09. The van der Waals surface area contributed by atoms with E-state index in [1.807, 2.05) is 63.4 Å². The molecule has 308 valence electrons. The van der Waals surface area contributed by atoms with Gasteiger partial charge in [-0.05, 0) is 57.2 Å². The fourth-order valence-corrected chi connectivity index (χ4v) is 8.43. The number of methoxy groups -OCH3 is 2. The molecule has 0 bridgehead atoms. The molecule has 1 aromatic carbocycles. The molecule has 15 heteroatoms. The average Bonchev–Trinajstić information content (AvgIpc) is 3.90. The summed E-state index contributed by atoms with van der Waals surface area (Å²) in [6, 6.07) is 6.73. The zero-order chi connectivity index (χ0) is 40.8. The van der Waals surface area contributed by atoms with Gasteiger partial charge in [0.25, 0.3) is 0 Å². The van der Waals surface area contributed by atoms with Crippen molar-refractivity contribution in [1.29, 1.82) is 0 Å². The summed E-state index contributed by atoms with van der Waals surface area (Å²) < 4.78 is 12.0. The quantitative estimate of drug-likeness (QED) is 0.118. The highest BCUT2D eigenvalue weighted by molar-refractivity contribution is 7.09. The number of nitrogens with one attached hydrogen (secondary N) is 3. The van der Waals surface area contributed by atoms with Crippen LogP contribution >= 0.6 is 11.3 Å². The first-order chi connectivity index (χ1) is 26.2. The van der Waals surface area contributed by atoms with Crippen molar-refractivity contribution in [3.05, 3.63) is 52.5 Å². The summed E-state index contributed by atoms with van der Waals surface area (Å²) in [7, 11) is 6.44. The number of benzene rings is 1. The predicted molar refractivity (Wildman–Crippen MR) is 216 cm³/mol. The monoisotopic (exact) mass is 786 g/mol. The normalized spacial score (nSPS) is 19.9. The predicted octanol–water partition coefficient (Wildman–Crippen LogP) is 2.48. The minimum Gasteiger partial charge on any atom is -0.379 e. The fraction of sp³-hybridized carbons (Fsp3) is 0.675. The maximum Gasteiger partial charge on any atom is 0.245 e. The summed E-state index contributed by atoms with van der Waals surface area (Å²) in [6.45, 7) is 10.1. The Morgan fingerprint density at radius 2 is 1.71 bits per heavy atom. The van der Waals surface area contributed by atoms with Crippen LogP contribution < -0.4 is 27.4 Å². The van der Waals surface area contributed by atoms with Gasteiger partial charge in [-0.2, -0.15) is 0 Å². The van der Waals surface area contributed by atoms with Gasteiger partial charge in [-0.1, -0.05) is 64.4 Å². The molecule has 1 aliphatic rings. The van der Waals surface area contributed by atoms with Crippen molar-refractivity contribution >= 4 is 35.0 Å². The smallest absolute Gasteiger partial charge is 0.245 e. The van der Waals surface area contributed by atoms with E-state index in [0.717, 1.165) is 17.0 Å². The van der Waals surface area contributed by atoms with Gasteiger partial charge in [0.1, 0.15) is 17.1 Å². The molecule has 1 aliphatic heterocycles. The zero-order valence-electron chi connectivity index (χ0n) is 34.2. The molecule has 1 aromatic heterocycles. The number of rotatable bonds is 22. The summed E-state index contributed by atoms with van der Waals surface area (Å²) >= 11 is 1.49. The Morgan fingerprint density at radius 1 is 1.02 bits per heavy atom. The Balaban J connectivity index is 1.80. The van der Waals surface area contributed by atoms with Crippen molar-refractivity contribution in [2.75, 3.05) is 41.4 Å². The van der Waals surface area contributed by atoms with E-state index < -0.39 is 42.3 Å². The molecule has 55 heavy (non-hydrogen) atoms. The minimum absolute atomic E-state index is 0.0211. The maximum atomic E-state index is 14.3. The standard InChI is InChI=1S/C40H66N8O6S/c1-10-24(2)33(46-38(51)34(43-6)27(5)42)40(52)47(7)35(25(3)23-41)31(53-8)22-32(49)48-19-14-17-30(48)36(54-9)26(4)37(50)45-29(39-44-18-20-55-39)21-28-15-12-11-13-16-28/h11-13,15-16,18,20,24-27,29-31,33-36,43H,10,14,17,19,21-23,41-42H2,1-9H3,(H,45,50)(H,46,51)/t24-,25?,26?,27?,29?,30?,31?,33+,34?,35?,36?/m1/s1. The molecule has 0 radical (unpaired) electrons. The molecule has 14 nitrogen and oxygen atoms in total. The van der Waals surface area contributed by atoms with Crippen LogP contribution in [0, 0.1) is 17.8 Å². The highest BCUT2D eigenvalue weighted by atomic mass is 32.1. The van der Waals surface area contributed by atoms with Gasteiger partial charge in [-0.15, -0.1) is 11.3 Å². The van der Waals surface area contributed by atoms with Crippen LogP contribution in [-0.4, -0.2) is 122 Å². The molecular formula is C40H66N8O6S. The Hall–Kier alpha value is -3.47. The molecular weight excluding hydrogens is 721 g/mol. The van der Waals surface area contributed by atoms with Crippen LogP contribution in [0.5, 0.6) is 0 Å². The average molecular weight is 787 g/mol. The second-order valence-electron chi connectivity index (χ2n) is 15.0. The highest BCUT2D eigenvalue weighted by Gasteiger charge is 2.43. The van der Waals surface area contributed by atoms with Crippen LogP contribution in [0.1, 0.15) is 76.9 Å². The Morgan fingerprint density at radius 3 is 2.25 bits per heavy atom. The van der Waals surface area contributed by atoms with E-state index in [1.54, 1.807) is 44.1 Å². The van der Waals surface area contributed by atoms with Crippen LogP contribution in [0.2, 0.25) is 0 Å². The fourth-order valence-electron chi connectivity index (χ4n) is 7.74. The summed E-state index contributed by atoms with van der Waals surface area (Å²) in [4.78, 5) is 63.5. The first-order valence-electron chi connectivity index (χ1n) is 19.5. The number of aromatic nitrogens is 1. The minimum atomic E-state index is -0.835. The van der Waals surface area contributed by atoms with Crippen molar-refractivity contribution in [1.82, 2.24) is 30.7 Å². The second-order valence-corrected chi connectivity index (χ2v) is 16.0. The lowest BCUT2D eigenvalue weighted by molar-refractivity contribution is -0.147. The first-order valence-corrected chi connectivity index (χ1v) is 20.4. The van der Waals surface area contributed by atoms with Gasteiger partial charge in [-0.3, -0.25) is 19.2 Å². The third-order valence-corrected chi connectivity index (χ3v) is 12.1. The Kier molecular flexibility index (Phi) is 18.6. The number of nitrogens with zero attached hydrogens (tertiary/aromatic N) is 3. The van der Waals surface area contributed by atoms with E-state index in [-0.39, 0.29) is 60.5 Å². The Bertz CT molecular complexity index is 1480. The van der Waals surface area contributed by atoms with Crippen molar-refractivity contribution in [3.63, 3.8) is 0 Å². The highest BCUT2D eigenvalue weighted by Crippen LogP contribution is 2.30. The van der Waals surface area contributed by atoms with Gasteiger partial charge >= 0.3 is 0 Å². The van der Waals surface area contributed by atoms with Gasteiger partial charge in [-0.25, -0.2) is 4.98 Å². The molecule has 1 saturated heterocycles. The van der Waals surface area contributed by atoms with E-state index in [9.17, 15) is 19.2 Å². The van der Waals surface area contributed by atoms with Gasteiger partial charge < -0.3 is 46.7 Å². The zero-order valence-corrected chi connectivity index (χ0v) is 35.0. The van der Waals surface area contributed by atoms with Gasteiger partial charge in [0.15, 0.2) is 0 Å². The molecule has 3 rings (SSSR count). The third kappa shape index (κ3) is 12.0. The second kappa shape index (κ2) is 22.3. The molecule has 7 N–H and O–H groups in total. The number of likely N-dealkylation sites (tertiary alicyclic amines) is 1. The number of hydrogen-bond donors (Lipinski definition) is 5. The number of thiazole rings is 1. The SMILES string of the molecule is CC[C@@H](C)[C@H](NC(=O)C(NC)C(C)N)C(=O)N(C)C(C(C)CN)C(CC(=O)N1CCCC1C(OC)C(C)C(=O)NC(Cc1ccccc1)c1nccs1)OC. The largest absolute Gasteiger partial charge is 0.379 e. The van der Waals surface area contributed by atoms with Crippen molar-refractivity contribution in [2.45, 2.75) is 115 Å². The molecule has 2 aromatic rings. The molecule has 9 unspecified atom stereocenters. The molecule has 2 heterocycles. The third-order valence-electron chi connectivity index (χ3n) is 11.2. The van der Waals surface area contributed by atoms with Gasteiger partial charge in [0, 0.05) is 45.4 Å². The van der Waals surface area contributed by atoms with Gasteiger partial charge in [0.2, 0.25) is 23.6 Å². The van der Waals surface area contributed by atoms with Crippen molar-refractivity contribution < 1.29 is 28.7 Å². The summed E-state index contributed by atoms with van der Waals surface area (Å²) in [5.41, 5.74) is 13.3. The van der Waals surface area contributed by atoms with E-state index in [4.69, 9.17) is 20.9 Å². The molecule has 1 fully saturated rings. The molecule has 11 atom stereocenters.